The Morgan fingerprint density at radius 2 is 0.566 bits per heavy atom. The maximum absolute atomic E-state index is 12.9. The Bertz CT molecular complexity index is 1680. The fourth-order valence-electron chi connectivity index (χ4n) is 8.08. The Kier molecular flexibility index (Phi) is 58.9. The van der Waals surface area contributed by atoms with Gasteiger partial charge in [-0.2, -0.15) is 0 Å². The molecule has 0 amide bonds. The van der Waals surface area contributed by atoms with Crippen molar-refractivity contribution in [1.29, 1.82) is 0 Å². The van der Waals surface area contributed by atoms with E-state index >= 15 is 0 Å². The van der Waals surface area contributed by atoms with Crippen LogP contribution in [0.15, 0.2) is 146 Å². The number of carbonyl (C=O) groups is 3. The highest BCUT2D eigenvalue weighted by atomic mass is 16.6. The summed E-state index contributed by atoms with van der Waals surface area (Å²) in [6.45, 7) is 6.31. The Balaban J connectivity index is 4.47. The molecule has 0 saturated heterocycles. The molecule has 0 radical (unpaired) electrons. The molecule has 0 spiro atoms. The topological polar surface area (TPSA) is 78.9 Å². The van der Waals surface area contributed by atoms with Crippen LogP contribution in [-0.2, 0) is 28.6 Å². The van der Waals surface area contributed by atoms with Crippen LogP contribution in [0.2, 0.25) is 0 Å². The van der Waals surface area contributed by atoms with E-state index in [-0.39, 0.29) is 31.6 Å². The third kappa shape index (κ3) is 60.2. The van der Waals surface area contributed by atoms with E-state index in [0.717, 1.165) is 135 Å². The Hall–Kier alpha value is -4.71. The van der Waals surface area contributed by atoms with Crippen molar-refractivity contribution < 1.29 is 28.6 Å². The van der Waals surface area contributed by atoms with Crippen molar-refractivity contribution >= 4 is 17.9 Å². The van der Waals surface area contributed by atoms with Crippen molar-refractivity contribution in [2.24, 2.45) is 0 Å². The van der Waals surface area contributed by atoms with Crippen LogP contribution in [0.3, 0.4) is 0 Å². The second-order valence-electron chi connectivity index (χ2n) is 19.9. The van der Waals surface area contributed by atoms with Crippen molar-refractivity contribution in [3.63, 3.8) is 0 Å². The summed E-state index contributed by atoms with van der Waals surface area (Å²) in [6, 6.07) is 0. The summed E-state index contributed by atoms with van der Waals surface area (Å²) in [5.74, 6) is -1.07. The maximum atomic E-state index is 12.9. The van der Waals surface area contributed by atoms with Gasteiger partial charge in [0, 0.05) is 12.8 Å². The zero-order valence-electron chi connectivity index (χ0n) is 49.0. The van der Waals surface area contributed by atoms with Gasteiger partial charge in [-0.1, -0.05) is 282 Å². The molecule has 1 atom stereocenters. The number of allylic oxidation sites excluding steroid dienone is 23. The average molecular weight is 1050 g/mol. The lowest BCUT2D eigenvalue weighted by molar-refractivity contribution is -0.166. The van der Waals surface area contributed by atoms with Gasteiger partial charge < -0.3 is 14.2 Å². The average Bonchev–Trinajstić information content (AvgIpc) is 3.42. The van der Waals surface area contributed by atoms with Crippen LogP contribution in [-0.4, -0.2) is 37.2 Å². The summed E-state index contributed by atoms with van der Waals surface area (Å²) >= 11 is 0. The number of unbranched alkanes of at least 4 members (excludes halogenated alkanes) is 20. The molecule has 0 aliphatic heterocycles. The van der Waals surface area contributed by atoms with Gasteiger partial charge >= 0.3 is 17.9 Å². The zero-order valence-corrected chi connectivity index (χ0v) is 49.0. The molecule has 0 saturated carbocycles. The van der Waals surface area contributed by atoms with E-state index < -0.39 is 12.1 Å². The van der Waals surface area contributed by atoms with Gasteiger partial charge in [0.05, 0.1) is 6.42 Å². The van der Waals surface area contributed by atoms with Crippen LogP contribution in [0.1, 0.15) is 258 Å². The molecule has 76 heavy (non-hydrogen) atoms. The SMILES string of the molecule is CC/C=C\C/C=C\C/C=C\C/C=C\C/C=C\C/C=C\C/C=C\CCCCCCCC(=O)OCC(COC(=O)C/C=C\C/C=C\C/C=C\C/C=C\C/C=C\CC)OC(=O)CCCCCCCCCCCCCCCCCC. The smallest absolute Gasteiger partial charge is 0.309 e. The molecule has 0 N–H and O–H groups in total. The minimum atomic E-state index is -0.831. The highest BCUT2D eigenvalue weighted by Crippen LogP contribution is 2.15. The lowest BCUT2D eigenvalue weighted by Gasteiger charge is -2.18. The zero-order chi connectivity index (χ0) is 55.0. The van der Waals surface area contributed by atoms with E-state index in [0.29, 0.717) is 12.8 Å². The first kappa shape index (κ1) is 71.3. The van der Waals surface area contributed by atoms with Gasteiger partial charge in [-0.25, -0.2) is 0 Å². The van der Waals surface area contributed by atoms with Gasteiger partial charge in [0.1, 0.15) is 13.2 Å². The normalized spacial score (nSPS) is 13.1. The number of rotatable bonds is 54. The van der Waals surface area contributed by atoms with Crippen molar-refractivity contribution in [1.82, 2.24) is 0 Å². The number of hydrogen-bond acceptors (Lipinski definition) is 6. The highest BCUT2D eigenvalue weighted by Gasteiger charge is 2.19. The fourth-order valence-corrected chi connectivity index (χ4v) is 8.08. The quantitative estimate of drug-likeness (QED) is 0.0261. The van der Waals surface area contributed by atoms with Crippen LogP contribution in [0.4, 0.5) is 0 Å². The molecule has 1 unspecified atom stereocenters. The maximum Gasteiger partial charge on any atom is 0.309 e. The van der Waals surface area contributed by atoms with Crippen molar-refractivity contribution in [2.75, 3.05) is 13.2 Å². The number of ether oxygens (including phenoxy) is 3. The second kappa shape index (κ2) is 62.8. The third-order valence-electron chi connectivity index (χ3n) is 12.6. The van der Waals surface area contributed by atoms with Crippen molar-refractivity contribution in [2.45, 2.75) is 264 Å². The second-order valence-corrected chi connectivity index (χ2v) is 19.9. The Labute approximate surface area is 467 Å². The number of esters is 3. The lowest BCUT2D eigenvalue weighted by atomic mass is 10.0. The van der Waals surface area contributed by atoms with E-state index in [1.807, 2.05) is 6.08 Å². The molecule has 0 rings (SSSR count). The monoisotopic (exact) mass is 1050 g/mol. The van der Waals surface area contributed by atoms with Crippen molar-refractivity contribution in [3.8, 4) is 0 Å². The van der Waals surface area contributed by atoms with Crippen LogP contribution in [0.5, 0.6) is 0 Å². The van der Waals surface area contributed by atoms with E-state index in [2.05, 4.69) is 154 Å². The van der Waals surface area contributed by atoms with Crippen LogP contribution in [0.25, 0.3) is 0 Å². The van der Waals surface area contributed by atoms with Gasteiger partial charge in [-0.15, -0.1) is 0 Å². The molecule has 0 heterocycles. The standard InChI is InChI=1S/C70H112O6/c1-4-7-10-13-16-19-22-25-28-30-31-32-33-34-35-36-37-38-39-40-43-45-48-51-54-57-60-63-69(72)75-66-67(65-74-68(71)62-59-56-53-50-47-44-41-27-24-21-18-15-12-9-6-3)76-70(73)64-61-58-55-52-49-46-42-29-26-23-20-17-14-11-8-5-2/h7,9-10,12,16,18-19,21,25,27-28,31-32,34-35,37-38,40-41,43,47,50,56,59,67H,4-6,8,11,13-15,17,20,22-24,26,29-30,33,36,39,42,44-46,48-49,51-55,57-58,60-66H2,1-3H3/b10-7-,12-9-,19-16-,21-18-,28-25-,32-31-,35-34-,38-37-,41-27-,43-40-,50-47-,59-56-. The van der Waals surface area contributed by atoms with E-state index in [4.69, 9.17) is 14.2 Å². The largest absolute Gasteiger partial charge is 0.462 e. The van der Waals surface area contributed by atoms with Gasteiger partial charge in [0.15, 0.2) is 6.10 Å². The number of carbonyl (C=O) groups excluding carboxylic acids is 3. The fraction of sp³-hybridized carbons (Fsp3) is 0.614. The molecule has 0 aromatic carbocycles. The van der Waals surface area contributed by atoms with Gasteiger partial charge in [0.2, 0.25) is 0 Å². The summed E-state index contributed by atoms with van der Waals surface area (Å²) < 4.78 is 16.8. The molecular formula is C70H112O6. The molecule has 428 valence electrons. The Morgan fingerprint density at radius 1 is 0.289 bits per heavy atom. The van der Waals surface area contributed by atoms with Crippen LogP contribution in [0, 0.1) is 0 Å². The first-order valence-corrected chi connectivity index (χ1v) is 30.8. The van der Waals surface area contributed by atoms with Gasteiger partial charge in [-0.3, -0.25) is 14.4 Å². The number of hydrogen-bond donors (Lipinski definition) is 0. The molecule has 0 aliphatic carbocycles. The van der Waals surface area contributed by atoms with E-state index in [1.54, 1.807) is 6.08 Å². The van der Waals surface area contributed by atoms with Gasteiger partial charge in [0.25, 0.3) is 0 Å². The minimum Gasteiger partial charge on any atom is -0.462 e. The minimum absolute atomic E-state index is 0.119. The molecule has 0 aromatic heterocycles. The molecule has 0 bridgehead atoms. The van der Waals surface area contributed by atoms with Crippen molar-refractivity contribution in [3.05, 3.63) is 146 Å². The first-order chi connectivity index (χ1) is 37.5. The summed E-state index contributed by atoms with van der Waals surface area (Å²) in [5, 5.41) is 0. The lowest BCUT2D eigenvalue weighted by Crippen LogP contribution is -2.30. The molecule has 6 nitrogen and oxygen atoms in total. The van der Waals surface area contributed by atoms with Crippen LogP contribution >= 0.6 is 0 Å². The Morgan fingerprint density at radius 3 is 0.921 bits per heavy atom. The summed E-state index contributed by atoms with van der Waals surface area (Å²) in [7, 11) is 0. The summed E-state index contributed by atoms with van der Waals surface area (Å²) in [6.07, 6.45) is 90.1. The first-order valence-electron chi connectivity index (χ1n) is 30.8. The van der Waals surface area contributed by atoms with Crippen LogP contribution < -0.4 is 0 Å². The predicted molar refractivity (Wildman–Crippen MR) is 329 cm³/mol. The molecule has 0 fully saturated rings. The summed E-state index contributed by atoms with van der Waals surface area (Å²) in [5.41, 5.74) is 0. The molecule has 0 aliphatic rings. The van der Waals surface area contributed by atoms with E-state index in [9.17, 15) is 14.4 Å². The molecular weight excluding hydrogens is 937 g/mol. The molecule has 0 aromatic rings. The van der Waals surface area contributed by atoms with E-state index in [1.165, 1.54) is 83.5 Å². The van der Waals surface area contributed by atoms with Gasteiger partial charge in [-0.05, 0) is 103 Å². The predicted octanol–water partition coefficient (Wildman–Crippen LogP) is 21.2. The highest BCUT2D eigenvalue weighted by molar-refractivity contribution is 5.72. The molecule has 6 heteroatoms. The summed E-state index contributed by atoms with van der Waals surface area (Å²) in [4.78, 5) is 38.2. The third-order valence-corrected chi connectivity index (χ3v) is 12.6.